The van der Waals surface area contributed by atoms with Gasteiger partial charge in [-0.1, -0.05) is 98.8 Å². The van der Waals surface area contributed by atoms with Crippen molar-refractivity contribution in [3.05, 3.63) is 96.1 Å². The van der Waals surface area contributed by atoms with E-state index < -0.39 is 34.3 Å². The molecule has 4 atom stereocenters. The number of benzene rings is 3. The van der Waals surface area contributed by atoms with Crippen LogP contribution in [0.4, 0.5) is 0 Å². The number of carbonyl (C=O) groups is 3. The van der Waals surface area contributed by atoms with E-state index in [1.165, 1.54) is 7.11 Å². The van der Waals surface area contributed by atoms with Gasteiger partial charge in [-0.25, -0.2) is 0 Å². The van der Waals surface area contributed by atoms with Crippen molar-refractivity contribution in [1.82, 2.24) is 5.32 Å². The lowest BCUT2D eigenvalue weighted by Gasteiger charge is -2.39. The van der Waals surface area contributed by atoms with Gasteiger partial charge in [-0.3, -0.25) is 19.7 Å². The quantitative estimate of drug-likeness (QED) is 0.300. The van der Waals surface area contributed by atoms with Gasteiger partial charge in [0.25, 0.3) is 0 Å². The molecule has 0 spiro atoms. The fraction of sp³-hybridized carbons (Fsp3) is 0.323. The second-order valence-electron chi connectivity index (χ2n) is 10.8. The van der Waals surface area contributed by atoms with Crippen molar-refractivity contribution in [2.75, 3.05) is 7.11 Å². The molecule has 0 aromatic heterocycles. The lowest BCUT2D eigenvalue weighted by Crippen LogP contribution is -2.55. The Hall–Kier alpha value is -3.57. The highest BCUT2D eigenvalue weighted by Gasteiger charge is 2.77. The third-order valence-electron chi connectivity index (χ3n) is 8.16. The Kier molecular flexibility index (Phi) is 5.72. The molecule has 3 aromatic rings. The highest BCUT2D eigenvalue weighted by atomic mass is 16.5. The van der Waals surface area contributed by atoms with Crippen molar-refractivity contribution < 1.29 is 19.1 Å². The standard InChI is InChI=1S/C31H31NO4/c1-29(2)19-24(33)31(26(34)23-17-15-21(16-18-23)20-11-7-5-8-12-20)25(22-13-9-6-10-14-22)32-30(3,27(29)31)28(35)36-4/h5-18,25,27,32H,19H2,1-4H3/t25-,27?,30-,31+/m0/s1. The molecule has 0 bridgehead atoms. The van der Waals surface area contributed by atoms with Gasteiger partial charge in [0, 0.05) is 17.9 Å². The number of methoxy groups -OCH3 is 1. The molecule has 2 fully saturated rings. The van der Waals surface area contributed by atoms with Gasteiger partial charge in [-0.05, 0) is 29.0 Å². The van der Waals surface area contributed by atoms with Gasteiger partial charge in [-0.2, -0.15) is 0 Å². The van der Waals surface area contributed by atoms with Crippen LogP contribution >= 0.6 is 0 Å². The number of rotatable bonds is 5. The zero-order valence-corrected chi connectivity index (χ0v) is 21.1. The van der Waals surface area contributed by atoms with Crippen molar-refractivity contribution in [2.45, 2.75) is 38.8 Å². The molecule has 1 aliphatic carbocycles. The Morgan fingerprint density at radius 2 is 1.39 bits per heavy atom. The molecular weight excluding hydrogens is 450 g/mol. The normalized spacial score (nSPS) is 28.5. The van der Waals surface area contributed by atoms with Crippen LogP contribution in [-0.2, 0) is 14.3 Å². The molecular formula is C31H31NO4. The third-order valence-corrected chi connectivity index (χ3v) is 8.16. The van der Waals surface area contributed by atoms with Crippen molar-refractivity contribution >= 4 is 17.5 Å². The van der Waals surface area contributed by atoms with Crippen LogP contribution in [0.5, 0.6) is 0 Å². The Morgan fingerprint density at radius 1 is 0.833 bits per heavy atom. The number of fused-ring (bicyclic) bond motifs is 1. The van der Waals surface area contributed by atoms with Gasteiger partial charge in [0.15, 0.2) is 5.78 Å². The van der Waals surface area contributed by atoms with Crippen LogP contribution in [0, 0.1) is 16.7 Å². The molecule has 3 aromatic carbocycles. The predicted octanol–water partition coefficient (Wildman–Crippen LogP) is 5.41. The molecule has 0 amide bonds. The number of esters is 1. The summed E-state index contributed by atoms with van der Waals surface area (Å²) in [7, 11) is 1.35. The van der Waals surface area contributed by atoms with Gasteiger partial charge in [0.1, 0.15) is 16.7 Å². The SMILES string of the molecule is COC(=O)[C@@]1(C)N[C@@H](c2ccccc2)[C@@]2(C(=O)c3ccc(-c4ccccc4)cc3)C(=O)CC(C)(C)C21. The summed E-state index contributed by atoms with van der Waals surface area (Å²) in [4.78, 5) is 41.9. The number of ether oxygens (including phenoxy) is 1. The van der Waals surface area contributed by atoms with Gasteiger partial charge < -0.3 is 4.74 Å². The summed E-state index contributed by atoms with van der Waals surface area (Å²) in [6, 6.07) is 26.2. The van der Waals surface area contributed by atoms with Crippen LogP contribution in [-0.4, -0.2) is 30.2 Å². The highest BCUT2D eigenvalue weighted by molar-refractivity contribution is 6.18. The fourth-order valence-electron chi connectivity index (χ4n) is 6.95. The van der Waals surface area contributed by atoms with Gasteiger partial charge in [0.2, 0.25) is 0 Å². The van der Waals surface area contributed by atoms with Crippen molar-refractivity contribution in [2.24, 2.45) is 16.7 Å². The minimum Gasteiger partial charge on any atom is -0.468 e. The minimum absolute atomic E-state index is 0.136. The molecule has 5 rings (SSSR count). The average Bonchev–Trinajstić information content (AvgIpc) is 3.32. The molecule has 184 valence electrons. The average molecular weight is 482 g/mol. The molecule has 5 nitrogen and oxygen atoms in total. The molecule has 1 heterocycles. The summed E-state index contributed by atoms with van der Waals surface area (Å²) < 4.78 is 5.23. The van der Waals surface area contributed by atoms with Crippen LogP contribution in [0.3, 0.4) is 0 Å². The molecule has 1 saturated heterocycles. The summed E-state index contributed by atoms with van der Waals surface area (Å²) >= 11 is 0. The first-order chi connectivity index (χ1) is 17.2. The molecule has 1 unspecified atom stereocenters. The number of hydrogen-bond acceptors (Lipinski definition) is 5. The topological polar surface area (TPSA) is 72.5 Å². The maximum atomic E-state index is 14.6. The van der Waals surface area contributed by atoms with E-state index in [9.17, 15) is 14.4 Å². The first kappa shape index (κ1) is 24.1. The van der Waals surface area contributed by atoms with Crippen molar-refractivity contribution in [3.8, 4) is 11.1 Å². The molecule has 36 heavy (non-hydrogen) atoms. The fourth-order valence-corrected chi connectivity index (χ4v) is 6.95. The summed E-state index contributed by atoms with van der Waals surface area (Å²) in [6.07, 6.45) is 0.211. The smallest absolute Gasteiger partial charge is 0.326 e. The molecule has 2 aliphatic rings. The van der Waals surface area contributed by atoms with E-state index in [0.717, 1.165) is 16.7 Å². The summed E-state index contributed by atoms with van der Waals surface area (Å²) in [5.74, 6) is -1.45. The van der Waals surface area contributed by atoms with E-state index in [4.69, 9.17) is 4.74 Å². The maximum absolute atomic E-state index is 14.6. The summed E-state index contributed by atoms with van der Waals surface area (Å²) in [5, 5.41) is 3.43. The van der Waals surface area contributed by atoms with Gasteiger partial charge in [-0.15, -0.1) is 0 Å². The van der Waals surface area contributed by atoms with E-state index >= 15 is 0 Å². The number of nitrogens with one attached hydrogen (secondary N) is 1. The first-order valence-electron chi connectivity index (χ1n) is 12.3. The van der Waals surface area contributed by atoms with E-state index in [1.807, 2.05) is 86.6 Å². The van der Waals surface area contributed by atoms with E-state index in [0.29, 0.717) is 5.56 Å². The highest BCUT2D eigenvalue weighted by Crippen LogP contribution is 2.66. The zero-order chi connectivity index (χ0) is 25.7. The van der Waals surface area contributed by atoms with Crippen molar-refractivity contribution in [1.29, 1.82) is 0 Å². The summed E-state index contributed by atoms with van der Waals surface area (Å²) in [5.41, 5.74) is 0.0393. The minimum atomic E-state index is -1.44. The van der Waals surface area contributed by atoms with Crippen LogP contribution in [0.1, 0.15) is 49.2 Å². The largest absolute Gasteiger partial charge is 0.468 e. The predicted molar refractivity (Wildman–Crippen MR) is 138 cm³/mol. The van der Waals surface area contributed by atoms with Crippen LogP contribution < -0.4 is 5.32 Å². The third kappa shape index (κ3) is 3.37. The second-order valence-corrected chi connectivity index (χ2v) is 10.8. The van der Waals surface area contributed by atoms with Crippen LogP contribution in [0.2, 0.25) is 0 Å². The molecule has 1 N–H and O–H groups in total. The van der Waals surface area contributed by atoms with E-state index in [2.05, 4.69) is 5.32 Å². The number of ketones is 2. The Balaban J connectivity index is 1.69. The lowest BCUT2D eigenvalue weighted by molar-refractivity contribution is -0.151. The maximum Gasteiger partial charge on any atom is 0.326 e. The lowest BCUT2D eigenvalue weighted by atomic mass is 9.59. The number of hydrogen-bond donors (Lipinski definition) is 1. The Labute approximate surface area is 211 Å². The molecule has 5 heteroatoms. The van der Waals surface area contributed by atoms with Crippen LogP contribution in [0.15, 0.2) is 84.9 Å². The van der Waals surface area contributed by atoms with E-state index in [-0.39, 0.29) is 18.0 Å². The molecule has 1 saturated carbocycles. The Morgan fingerprint density at radius 3 is 1.97 bits per heavy atom. The summed E-state index contributed by atoms with van der Waals surface area (Å²) in [6.45, 7) is 5.71. The number of carbonyl (C=O) groups excluding carboxylic acids is 3. The molecule has 1 aliphatic heterocycles. The van der Waals surface area contributed by atoms with Crippen LogP contribution in [0.25, 0.3) is 11.1 Å². The van der Waals surface area contributed by atoms with Gasteiger partial charge in [0.05, 0.1) is 13.2 Å². The zero-order valence-electron chi connectivity index (χ0n) is 21.1. The first-order valence-corrected chi connectivity index (χ1v) is 12.3. The Bertz CT molecular complexity index is 1320. The molecule has 0 radical (unpaired) electrons. The second kappa shape index (κ2) is 8.52. The van der Waals surface area contributed by atoms with Crippen molar-refractivity contribution in [3.63, 3.8) is 0 Å². The van der Waals surface area contributed by atoms with Gasteiger partial charge >= 0.3 is 5.97 Å². The van der Waals surface area contributed by atoms with E-state index in [1.54, 1.807) is 19.1 Å². The number of Topliss-reactive ketones (excluding diaryl/α,β-unsaturated/α-hetero) is 2. The monoisotopic (exact) mass is 481 g/mol.